The van der Waals surface area contributed by atoms with Gasteiger partial charge in [0.15, 0.2) is 0 Å². The molecule has 0 radical (unpaired) electrons. The summed E-state index contributed by atoms with van der Waals surface area (Å²) in [6, 6.07) is 0. The van der Waals surface area contributed by atoms with Crippen molar-refractivity contribution in [2.75, 3.05) is 0 Å². The first-order valence-corrected chi connectivity index (χ1v) is 6.27. The van der Waals surface area contributed by atoms with E-state index in [1.54, 1.807) is 6.92 Å². The van der Waals surface area contributed by atoms with E-state index in [0.717, 1.165) is 0 Å². The van der Waals surface area contributed by atoms with E-state index < -0.39 is 5.60 Å². The van der Waals surface area contributed by atoms with Gasteiger partial charge in [-0.2, -0.15) is 0 Å². The molecule has 0 aliphatic heterocycles. The molecular weight excluding hydrogens is 204 g/mol. The minimum Gasteiger partial charge on any atom is -0.393 e. The molecule has 0 heterocycles. The van der Waals surface area contributed by atoms with Crippen LogP contribution in [0.4, 0.5) is 0 Å². The van der Waals surface area contributed by atoms with Crippen molar-refractivity contribution in [1.29, 1.82) is 0 Å². The van der Waals surface area contributed by atoms with Gasteiger partial charge in [-0.25, -0.2) is 0 Å². The number of hydrogen-bond acceptors (Lipinski definition) is 3. The lowest BCUT2D eigenvalue weighted by molar-refractivity contribution is -0.167. The summed E-state index contributed by atoms with van der Waals surface area (Å²) in [5.41, 5.74) is -1.07. The van der Waals surface area contributed by atoms with Crippen LogP contribution in [-0.2, 0) is 0 Å². The quantitative estimate of drug-likeness (QED) is 0.691. The molecular formula is C13H26O3. The van der Waals surface area contributed by atoms with Crippen LogP contribution < -0.4 is 0 Å². The maximum Gasteiger partial charge on any atom is 0.0726 e. The van der Waals surface area contributed by atoms with E-state index in [1.165, 1.54) is 0 Å². The van der Waals surface area contributed by atoms with Gasteiger partial charge in [0.2, 0.25) is 0 Å². The molecule has 0 spiro atoms. The molecule has 16 heavy (non-hydrogen) atoms. The zero-order valence-corrected chi connectivity index (χ0v) is 10.9. The zero-order valence-electron chi connectivity index (χ0n) is 10.9. The predicted octanol–water partition coefficient (Wildman–Crippen LogP) is 1.70. The van der Waals surface area contributed by atoms with Gasteiger partial charge < -0.3 is 15.3 Å². The van der Waals surface area contributed by atoms with Gasteiger partial charge in [-0.05, 0) is 43.9 Å². The number of aliphatic hydroxyl groups excluding tert-OH is 2. The molecule has 1 fully saturated rings. The highest BCUT2D eigenvalue weighted by molar-refractivity contribution is 5.02. The summed E-state index contributed by atoms with van der Waals surface area (Å²) < 4.78 is 0. The van der Waals surface area contributed by atoms with Crippen LogP contribution in [0.1, 0.15) is 53.4 Å². The molecule has 96 valence electrons. The largest absolute Gasteiger partial charge is 0.393 e. The summed E-state index contributed by atoms with van der Waals surface area (Å²) in [7, 11) is 0. The van der Waals surface area contributed by atoms with Crippen molar-refractivity contribution in [1.82, 2.24) is 0 Å². The number of hydrogen-bond donors (Lipinski definition) is 3. The van der Waals surface area contributed by atoms with Crippen molar-refractivity contribution >= 4 is 0 Å². The van der Waals surface area contributed by atoms with Crippen LogP contribution in [0.3, 0.4) is 0 Å². The van der Waals surface area contributed by atoms with E-state index in [1.807, 2.05) is 20.8 Å². The van der Waals surface area contributed by atoms with Gasteiger partial charge in [0, 0.05) is 0 Å². The summed E-state index contributed by atoms with van der Waals surface area (Å²) in [5, 5.41) is 29.9. The fourth-order valence-electron chi connectivity index (χ4n) is 3.13. The second-order valence-corrected chi connectivity index (χ2v) is 6.19. The lowest BCUT2D eigenvalue weighted by Crippen LogP contribution is -2.55. The molecule has 3 N–H and O–H groups in total. The summed E-state index contributed by atoms with van der Waals surface area (Å²) >= 11 is 0. The molecule has 1 aliphatic carbocycles. The third kappa shape index (κ3) is 2.58. The normalized spacial score (nSPS) is 40.7. The van der Waals surface area contributed by atoms with Gasteiger partial charge in [0.1, 0.15) is 0 Å². The highest BCUT2D eigenvalue weighted by Gasteiger charge is 2.51. The molecule has 1 saturated carbocycles. The Labute approximate surface area is 98.5 Å². The average Bonchev–Trinajstić information content (AvgIpc) is 2.10. The predicted molar refractivity (Wildman–Crippen MR) is 64.1 cm³/mol. The minimum absolute atomic E-state index is 0.0741. The Kier molecular flexibility index (Phi) is 4.04. The van der Waals surface area contributed by atoms with E-state index in [0.29, 0.717) is 25.7 Å². The summed E-state index contributed by atoms with van der Waals surface area (Å²) in [5.74, 6) is 0.0741. The van der Waals surface area contributed by atoms with Crippen molar-refractivity contribution in [3.8, 4) is 0 Å². The Bertz CT molecular complexity index is 237. The Balaban J connectivity index is 2.80. The molecule has 3 nitrogen and oxygen atoms in total. The highest BCUT2D eigenvalue weighted by atomic mass is 16.3. The lowest BCUT2D eigenvalue weighted by atomic mass is 9.58. The molecule has 0 aromatic carbocycles. The maximum absolute atomic E-state index is 10.8. The second-order valence-electron chi connectivity index (χ2n) is 6.19. The standard InChI is InChI=1S/C13H26O3/c1-9-7-11(15)8-12(3,4)13(9,16)6-5-10(2)14/h9-11,14-16H,5-8H2,1-4H3/t9-,10-,11+,13+/m1/s1. The SMILES string of the molecule is C[C@@H]1C[C@H](O)CC(C)(C)[C@]1(O)CC[C@@H](C)O. The third-order valence-corrected chi connectivity index (χ3v) is 4.30. The van der Waals surface area contributed by atoms with Crippen molar-refractivity contribution in [2.24, 2.45) is 11.3 Å². The molecule has 1 aliphatic rings. The van der Waals surface area contributed by atoms with Crippen LogP contribution in [0.5, 0.6) is 0 Å². The van der Waals surface area contributed by atoms with Gasteiger partial charge in [-0.1, -0.05) is 20.8 Å². The topological polar surface area (TPSA) is 60.7 Å². The van der Waals surface area contributed by atoms with Gasteiger partial charge in [-0.15, -0.1) is 0 Å². The van der Waals surface area contributed by atoms with Crippen LogP contribution in [0.15, 0.2) is 0 Å². The molecule has 0 aromatic rings. The lowest BCUT2D eigenvalue weighted by Gasteiger charge is -2.52. The van der Waals surface area contributed by atoms with Crippen molar-refractivity contribution in [3.63, 3.8) is 0 Å². The first-order valence-electron chi connectivity index (χ1n) is 6.27. The summed E-state index contributed by atoms with van der Waals surface area (Å²) in [4.78, 5) is 0. The van der Waals surface area contributed by atoms with E-state index in [9.17, 15) is 15.3 Å². The van der Waals surface area contributed by atoms with Crippen molar-refractivity contribution in [3.05, 3.63) is 0 Å². The smallest absolute Gasteiger partial charge is 0.0726 e. The van der Waals surface area contributed by atoms with E-state index >= 15 is 0 Å². The summed E-state index contributed by atoms with van der Waals surface area (Å²) in [6.45, 7) is 7.76. The second kappa shape index (κ2) is 4.63. The van der Waals surface area contributed by atoms with Crippen molar-refractivity contribution < 1.29 is 15.3 Å². The van der Waals surface area contributed by atoms with Crippen molar-refractivity contribution in [2.45, 2.75) is 71.2 Å². The molecule has 1 rings (SSSR count). The summed E-state index contributed by atoms with van der Waals surface area (Å²) in [6.07, 6.45) is 1.81. The van der Waals surface area contributed by atoms with Crippen LogP contribution >= 0.6 is 0 Å². The maximum atomic E-state index is 10.8. The van der Waals surface area contributed by atoms with Gasteiger partial charge in [0.05, 0.1) is 17.8 Å². The molecule has 3 heteroatoms. The number of rotatable bonds is 3. The van der Waals surface area contributed by atoms with Crippen LogP contribution in [0.25, 0.3) is 0 Å². The Morgan fingerprint density at radius 3 is 2.38 bits per heavy atom. The monoisotopic (exact) mass is 230 g/mol. The third-order valence-electron chi connectivity index (χ3n) is 4.30. The van der Waals surface area contributed by atoms with Gasteiger partial charge in [0.25, 0.3) is 0 Å². The highest BCUT2D eigenvalue weighted by Crippen LogP contribution is 2.49. The molecule has 0 unspecified atom stereocenters. The molecule has 0 aromatic heterocycles. The van der Waals surface area contributed by atoms with Crippen LogP contribution in [0.2, 0.25) is 0 Å². The molecule has 0 amide bonds. The average molecular weight is 230 g/mol. The Hall–Kier alpha value is -0.120. The first-order chi connectivity index (χ1) is 7.19. The Morgan fingerprint density at radius 1 is 1.38 bits per heavy atom. The molecule has 4 atom stereocenters. The molecule has 0 bridgehead atoms. The van der Waals surface area contributed by atoms with Gasteiger partial charge in [-0.3, -0.25) is 0 Å². The number of aliphatic hydroxyl groups is 3. The fraction of sp³-hybridized carbons (Fsp3) is 1.00. The molecule has 0 saturated heterocycles. The van der Waals surface area contributed by atoms with E-state index in [2.05, 4.69) is 0 Å². The van der Waals surface area contributed by atoms with Gasteiger partial charge >= 0.3 is 0 Å². The van der Waals surface area contributed by atoms with E-state index in [-0.39, 0.29) is 23.5 Å². The first kappa shape index (κ1) is 13.9. The Morgan fingerprint density at radius 2 is 1.94 bits per heavy atom. The fourth-order valence-corrected chi connectivity index (χ4v) is 3.13. The minimum atomic E-state index is -0.775. The van der Waals surface area contributed by atoms with Crippen LogP contribution in [-0.4, -0.2) is 33.1 Å². The van der Waals surface area contributed by atoms with E-state index in [4.69, 9.17) is 0 Å². The zero-order chi connectivity index (χ0) is 12.6. The van der Waals surface area contributed by atoms with Crippen LogP contribution in [0, 0.1) is 11.3 Å².